The van der Waals surface area contributed by atoms with Gasteiger partial charge in [-0.05, 0) is 38.1 Å². The normalized spacial score (nSPS) is 15.0. The van der Waals surface area contributed by atoms with E-state index in [0.29, 0.717) is 17.4 Å². The fourth-order valence-corrected chi connectivity index (χ4v) is 2.77. The van der Waals surface area contributed by atoms with Gasteiger partial charge in [-0.3, -0.25) is 0 Å². The van der Waals surface area contributed by atoms with Crippen molar-refractivity contribution in [3.63, 3.8) is 0 Å². The van der Waals surface area contributed by atoms with Crippen molar-refractivity contribution in [2.24, 2.45) is 0 Å². The van der Waals surface area contributed by atoms with Crippen molar-refractivity contribution in [3.05, 3.63) is 36.4 Å². The van der Waals surface area contributed by atoms with Crippen molar-refractivity contribution >= 4 is 17.2 Å². The second-order valence-corrected chi connectivity index (χ2v) is 6.03. The molecule has 0 amide bonds. The van der Waals surface area contributed by atoms with Crippen LogP contribution < -0.4 is 20.3 Å². The molecule has 1 fully saturated rings. The van der Waals surface area contributed by atoms with Crippen molar-refractivity contribution in [1.29, 1.82) is 0 Å². The number of hydrogen-bond donors (Lipinski definition) is 1. The molecule has 0 radical (unpaired) electrons. The highest BCUT2D eigenvalue weighted by atomic mass is 19.1. The Kier molecular flexibility index (Phi) is 4.69. The Balaban J connectivity index is 1.69. The lowest BCUT2D eigenvalue weighted by Crippen LogP contribution is -2.47. The third-order valence-electron chi connectivity index (χ3n) is 3.94. The number of nitrogen functional groups attached to an aromatic ring is 1. The molecule has 0 atom stereocenters. The zero-order valence-corrected chi connectivity index (χ0v) is 13.9. The van der Waals surface area contributed by atoms with Gasteiger partial charge in [0.2, 0.25) is 5.88 Å². The summed E-state index contributed by atoms with van der Waals surface area (Å²) in [4.78, 5) is 12.8. The highest BCUT2D eigenvalue weighted by Crippen LogP contribution is 2.29. The average Bonchev–Trinajstić information content (AvgIpc) is 2.57. The molecule has 1 aliphatic rings. The van der Waals surface area contributed by atoms with Gasteiger partial charge in [0, 0.05) is 31.9 Å². The van der Waals surface area contributed by atoms with Crippen molar-refractivity contribution in [3.8, 4) is 5.88 Å². The van der Waals surface area contributed by atoms with E-state index in [1.54, 1.807) is 12.1 Å². The molecule has 7 heteroatoms. The molecular formula is C17H22FN5O. The standard InChI is InChI=1S/C17H22FN5O/c1-12(2)24-17-15(19)16(20-11-21-17)23-9-7-22(8-10-23)14-5-3-13(18)4-6-14/h3-6,11-12H,7-10,19H2,1-2H3. The Morgan fingerprint density at radius 1 is 1.04 bits per heavy atom. The Bertz CT molecular complexity index is 684. The van der Waals surface area contributed by atoms with Gasteiger partial charge in [0.1, 0.15) is 17.8 Å². The Labute approximate surface area is 141 Å². The van der Waals surface area contributed by atoms with E-state index in [4.69, 9.17) is 10.5 Å². The van der Waals surface area contributed by atoms with E-state index in [1.165, 1.54) is 18.5 Å². The summed E-state index contributed by atoms with van der Waals surface area (Å²) in [6, 6.07) is 6.58. The molecule has 2 aromatic rings. The van der Waals surface area contributed by atoms with Crippen molar-refractivity contribution in [2.75, 3.05) is 41.7 Å². The molecule has 1 saturated heterocycles. The van der Waals surface area contributed by atoms with E-state index in [1.807, 2.05) is 13.8 Å². The van der Waals surface area contributed by atoms with E-state index in [0.717, 1.165) is 31.9 Å². The second kappa shape index (κ2) is 6.90. The molecule has 6 nitrogen and oxygen atoms in total. The van der Waals surface area contributed by atoms with E-state index in [9.17, 15) is 4.39 Å². The van der Waals surface area contributed by atoms with Crippen LogP contribution in [0.3, 0.4) is 0 Å². The molecule has 3 rings (SSSR count). The van der Waals surface area contributed by atoms with Gasteiger partial charge in [0.15, 0.2) is 5.82 Å². The second-order valence-electron chi connectivity index (χ2n) is 6.03. The number of nitrogens with two attached hydrogens (primary N) is 1. The Morgan fingerprint density at radius 2 is 1.67 bits per heavy atom. The van der Waals surface area contributed by atoms with E-state index in [2.05, 4.69) is 19.8 Å². The molecular weight excluding hydrogens is 309 g/mol. The van der Waals surface area contributed by atoms with Gasteiger partial charge in [0.05, 0.1) is 6.10 Å². The summed E-state index contributed by atoms with van der Waals surface area (Å²) in [6.07, 6.45) is 1.49. The number of halogens is 1. The summed E-state index contributed by atoms with van der Waals surface area (Å²) >= 11 is 0. The monoisotopic (exact) mass is 331 g/mol. The summed E-state index contributed by atoms with van der Waals surface area (Å²) < 4.78 is 18.7. The van der Waals surface area contributed by atoms with Crippen LogP contribution in [0.4, 0.5) is 21.6 Å². The number of hydrogen-bond acceptors (Lipinski definition) is 6. The average molecular weight is 331 g/mol. The van der Waals surface area contributed by atoms with Gasteiger partial charge >= 0.3 is 0 Å². The lowest BCUT2D eigenvalue weighted by molar-refractivity contribution is 0.234. The number of aromatic nitrogens is 2. The van der Waals surface area contributed by atoms with Crippen LogP contribution in [0.1, 0.15) is 13.8 Å². The van der Waals surface area contributed by atoms with Crippen LogP contribution >= 0.6 is 0 Å². The Hall–Kier alpha value is -2.57. The maximum Gasteiger partial charge on any atom is 0.242 e. The fraction of sp³-hybridized carbons (Fsp3) is 0.412. The van der Waals surface area contributed by atoms with Crippen LogP contribution in [0.2, 0.25) is 0 Å². The van der Waals surface area contributed by atoms with Gasteiger partial charge in [-0.1, -0.05) is 0 Å². The lowest BCUT2D eigenvalue weighted by Gasteiger charge is -2.37. The summed E-state index contributed by atoms with van der Waals surface area (Å²) in [5.41, 5.74) is 7.68. The SMILES string of the molecule is CC(C)Oc1ncnc(N2CCN(c3ccc(F)cc3)CC2)c1N. The van der Waals surface area contributed by atoms with Crippen LogP contribution in [0.25, 0.3) is 0 Å². The molecule has 128 valence electrons. The summed E-state index contributed by atoms with van der Waals surface area (Å²) in [7, 11) is 0. The third-order valence-corrected chi connectivity index (χ3v) is 3.94. The van der Waals surface area contributed by atoms with Crippen molar-refractivity contribution in [1.82, 2.24) is 9.97 Å². The largest absolute Gasteiger partial charge is 0.473 e. The number of piperazine rings is 1. The van der Waals surface area contributed by atoms with Crippen molar-refractivity contribution < 1.29 is 9.13 Å². The number of anilines is 3. The van der Waals surface area contributed by atoms with E-state index >= 15 is 0 Å². The molecule has 0 bridgehead atoms. The van der Waals surface area contributed by atoms with Crippen LogP contribution in [-0.2, 0) is 0 Å². The summed E-state index contributed by atoms with van der Waals surface area (Å²) in [5.74, 6) is 0.916. The molecule has 1 aromatic heterocycles. The number of ether oxygens (including phenoxy) is 1. The number of benzene rings is 1. The van der Waals surface area contributed by atoms with Gasteiger partial charge < -0.3 is 20.3 Å². The minimum atomic E-state index is -0.219. The number of rotatable bonds is 4. The molecule has 0 spiro atoms. The molecule has 0 aliphatic carbocycles. The summed E-state index contributed by atoms with van der Waals surface area (Å²) in [5, 5.41) is 0. The molecule has 0 saturated carbocycles. The smallest absolute Gasteiger partial charge is 0.242 e. The molecule has 2 N–H and O–H groups in total. The molecule has 0 unspecified atom stereocenters. The van der Waals surface area contributed by atoms with Crippen molar-refractivity contribution in [2.45, 2.75) is 20.0 Å². The Morgan fingerprint density at radius 3 is 2.29 bits per heavy atom. The first-order valence-electron chi connectivity index (χ1n) is 8.07. The molecule has 24 heavy (non-hydrogen) atoms. The van der Waals surface area contributed by atoms with Gasteiger partial charge in [-0.25, -0.2) is 9.37 Å². The number of nitrogens with zero attached hydrogens (tertiary/aromatic N) is 4. The van der Waals surface area contributed by atoms with Crippen LogP contribution in [0.5, 0.6) is 5.88 Å². The van der Waals surface area contributed by atoms with E-state index < -0.39 is 0 Å². The van der Waals surface area contributed by atoms with Crippen LogP contribution in [0.15, 0.2) is 30.6 Å². The maximum absolute atomic E-state index is 13.0. The summed E-state index contributed by atoms with van der Waals surface area (Å²) in [6.45, 7) is 7.05. The molecule has 2 heterocycles. The third kappa shape index (κ3) is 3.50. The topological polar surface area (TPSA) is 67.5 Å². The molecule has 1 aromatic carbocycles. The van der Waals surface area contributed by atoms with Crippen LogP contribution in [0, 0.1) is 5.82 Å². The molecule has 1 aliphatic heterocycles. The van der Waals surface area contributed by atoms with E-state index in [-0.39, 0.29) is 11.9 Å². The zero-order valence-electron chi connectivity index (χ0n) is 13.9. The lowest BCUT2D eigenvalue weighted by atomic mass is 10.2. The first-order chi connectivity index (χ1) is 11.5. The zero-order chi connectivity index (χ0) is 17.1. The maximum atomic E-state index is 13.0. The quantitative estimate of drug-likeness (QED) is 0.927. The first-order valence-corrected chi connectivity index (χ1v) is 8.07. The van der Waals surface area contributed by atoms with Gasteiger partial charge in [-0.2, -0.15) is 4.98 Å². The minimum absolute atomic E-state index is 0.00498. The van der Waals surface area contributed by atoms with Gasteiger partial charge in [0.25, 0.3) is 0 Å². The van der Waals surface area contributed by atoms with Crippen LogP contribution in [-0.4, -0.2) is 42.3 Å². The predicted molar refractivity (Wildman–Crippen MR) is 93.0 cm³/mol. The minimum Gasteiger partial charge on any atom is -0.473 e. The first kappa shape index (κ1) is 16.3. The van der Waals surface area contributed by atoms with Gasteiger partial charge in [-0.15, -0.1) is 0 Å². The highest BCUT2D eigenvalue weighted by molar-refractivity contribution is 5.68. The predicted octanol–water partition coefficient (Wildman–Crippen LogP) is 2.31. The fourth-order valence-electron chi connectivity index (χ4n) is 2.77. The highest BCUT2D eigenvalue weighted by Gasteiger charge is 2.22.